The summed E-state index contributed by atoms with van der Waals surface area (Å²) in [5, 5.41) is 9.02. The lowest BCUT2D eigenvalue weighted by Gasteiger charge is -2.04. The summed E-state index contributed by atoms with van der Waals surface area (Å²) >= 11 is 0. The minimum absolute atomic E-state index is 0.0573. The molecule has 0 heterocycles. The second-order valence-electron chi connectivity index (χ2n) is 3.16. The van der Waals surface area contributed by atoms with Crippen LogP contribution >= 0.6 is 0 Å². The summed E-state index contributed by atoms with van der Waals surface area (Å²) in [4.78, 5) is 12.7. The zero-order valence-corrected chi connectivity index (χ0v) is 8.27. The Hall–Kier alpha value is -1.77. The molecule has 0 spiro atoms. The van der Waals surface area contributed by atoms with Crippen molar-refractivity contribution >= 4 is 12.0 Å². The Morgan fingerprint density at radius 1 is 1.29 bits per heavy atom. The van der Waals surface area contributed by atoms with Crippen LogP contribution in [0.1, 0.15) is 5.56 Å². The van der Waals surface area contributed by atoms with Crippen molar-refractivity contribution in [2.24, 2.45) is 0 Å². The van der Waals surface area contributed by atoms with Gasteiger partial charge >= 0.3 is 0 Å². The first kappa shape index (κ1) is 10.3. The highest BCUT2D eigenvalue weighted by Gasteiger charge is 1.96. The van der Waals surface area contributed by atoms with Crippen LogP contribution in [0.3, 0.4) is 0 Å². The van der Waals surface area contributed by atoms with Gasteiger partial charge in [-0.3, -0.25) is 4.79 Å². The van der Waals surface area contributed by atoms with Crippen LogP contribution in [0.15, 0.2) is 30.3 Å². The maximum atomic E-state index is 11.2. The van der Waals surface area contributed by atoms with E-state index >= 15 is 0 Å². The van der Waals surface area contributed by atoms with Gasteiger partial charge in [-0.2, -0.15) is 0 Å². The average molecular weight is 191 g/mol. The van der Waals surface area contributed by atoms with Crippen LogP contribution in [0, 0.1) is 0 Å². The quantitative estimate of drug-likeness (QED) is 0.719. The molecule has 74 valence electrons. The summed E-state index contributed by atoms with van der Waals surface area (Å²) in [6.07, 6.45) is 3.20. The Morgan fingerprint density at radius 3 is 2.36 bits per heavy atom. The van der Waals surface area contributed by atoms with E-state index in [0.717, 1.165) is 5.56 Å². The topological polar surface area (TPSA) is 40.5 Å². The van der Waals surface area contributed by atoms with Gasteiger partial charge in [-0.1, -0.05) is 12.1 Å². The van der Waals surface area contributed by atoms with Crippen LogP contribution in [0.5, 0.6) is 5.75 Å². The number of carbonyl (C=O) groups is 1. The zero-order valence-electron chi connectivity index (χ0n) is 8.27. The fourth-order valence-corrected chi connectivity index (χ4v) is 0.902. The number of benzene rings is 1. The smallest absolute Gasteiger partial charge is 0.246 e. The Balaban J connectivity index is 2.69. The largest absolute Gasteiger partial charge is 0.508 e. The Labute approximate surface area is 83.3 Å². The molecule has 0 aliphatic carbocycles. The molecule has 3 nitrogen and oxygen atoms in total. The summed E-state index contributed by atoms with van der Waals surface area (Å²) in [6.45, 7) is 0. The molecule has 0 saturated heterocycles. The number of hydrogen-bond donors (Lipinski definition) is 1. The van der Waals surface area contributed by atoms with Crippen LogP contribution in [0.2, 0.25) is 0 Å². The minimum Gasteiger partial charge on any atom is -0.508 e. The molecule has 0 aliphatic rings. The third-order valence-electron chi connectivity index (χ3n) is 1.75. The number of amides is 1. The highest BCUT2D eigenvalue weighted by molar-refractivity contribution is 5.91. The molecule has 0 bridgehead atoms. The summed E-state index contributed by atoms with van der Waals surface area (Å²) in [5.74, 6) is 0.166. The van der Waals surface area contributed by atoms with Crippen LogP contribution < -0.4 is 0 Å². The molecule has 14 heavy (non-hydrogen) atoms. The summed E-state index contributed by atoms with van der Waals surface area (Å²) in [5.41, 5.74) is 0.887. The maximum absolute atomic E-state index is 11.2. The van der Waals surface area contributed by atoms with Crippen molar-refractivity contribution in [1.29, 1.82) is 0 Å². The van der Waals surface area contributed by atoms with Gasteiger partial charge in [0.2, 0.25) is 5.91 Å². The van der Waals surface area contributed by atoms with E-state index in [1.54, 1.807) is 44.4 Å². The van der Waals surface area contributed by atoms with Crippen LogP contribution in [-0.2, 0) is 4.79 Å². The normalized spacial score (nSPS) is 10.4. The molecule has 0 saturated carbocycles. The van der Waals surface area contributed by atoms with Gasteiger partial charge in [-0.25, -0.2) is 0 Å². The van der Waals surface area contributed by atoms with Gasteiger partial charge in [0.1, 0.15) is 5.75 Å². The molecule has 3 heteroatoms. The van der Waals surface area contributed by atoms with Crippen molar-refractivity contribution in [3.8, 4) is 5.75 Å². The highest BCUT2D eigenvalue weighted by atomic mass is 16.3. The first-order valence-corrected chi connectivity index (χ1v) is 4.28. The van der Waals surface area contributed by atoms with Crippen molar-refractivity contribution in [1.82, 2.24) is 4.90 Å². The molecule has 1 amide bonds. The lowest BCUT2D eigenvalue weighted by Crippen LogP contribution is -2.18. The van der Waals surface area contributed by atoms with E-state index in [-0.39, 0.29) is 11.7 Å². The molecule has 1 N–H and O–H groups in total. The van der Waals surface area contributed by atoms with Gasteiger partial charge in [0.05, 0.1) is 0 Å². The fraction of sp³-hybridized carbons (Fsp3) is 0.182. The number of rotatable bonds is 2. The zero-order chi connectivity index (χ0) is 10.6. The molecule has 0 aliphatic heterocycles. The second kappa shape index (κ2) is 4.46. The van der Waals surface area contributed by atoms with Crippen molar-refractivity contribution in [3.63, 3.8) is 0 Å². The molecule has 0 atom stereocenters. The van der Waals surface area contributed by atoms with Gasteiger partial charge < -0.3 is 10.0 Å². The summed E-state index contributed by atoms with van der Waals surface area (Å²) in [6, 6.07) is 6.66. The lowest BCUT2D eigenvalue weighted by atomic mass is 10.2. The van der Waals surface area contributed by atoms with Gasteiger partial charge in [-0.15, -0.1) is 0 Å². The standard InChI is InChI=1S/C11H13NO2/c1-12(2)11(14)8-5-9-3-6-10(13)7-4-9/h3-8,13H,1-2H3/b8-5+. The molecule has 1 aromatic carbocycles. The van der Waals surface area contributed by atoms with Gasteiger partial charge in [-0.05, 0) is 23.8 Å². The maximum Gasteiger partial charge on any atom is 0.246 e. The summed E-state index contributed by atoms with van der Waals surface area (Å²) in [7, 11) is 3.40. The summed E-state index contributed by atoms with van der Waals surface area (Å²) < 4.78 is 0. The number of phenols is 1. The average Bonchev–Trinajstić information content (AvgIpc) is 2.16. The van der Waals surface area contributed by atoms with Crippen molar-refractivity contribution in [2.75, 3.05) is 14.1 Å². The van der Waals surface area contributed by atoms with E-state index in [9.17, 15) is 4.79 Å². The number of hydrogen-bond acceptors (Lipinski definition) is 2. The molecular weight excluding hydrogens is 178 g/mol. The Bertz CT molecular complexity index is 339. The van der Waals surface area contributed by atoms with E-state index in [2.05, 4.69) is 0 Å². The molecule has 0 unspecified atom stereocenters. The van der Waals surface area contributed by atoms with Crippen LogP contribution in [-0.4, -0.2) is 30.0 Å². The van der Waals surface area contributed by atoms with Crippen LogP contribution in [0.25, 0.3) is 6.08 Å². The van der Waals surface area contributed by atoms with E-state index in [4.69, 9.17) is 5.11 Å². The molecule has 0 radical (unpaired) electrons. The predicted octanol–water partition coefficient (Wildman–Crippen LogP) is 1.49. The van der Waals surface area contributed by atoms with E-state index in [1.807, 2.05) is 0 Å². The Kier molecular flexibility index (Phi) is 3.29. The van der Waals surface area contributed by atoms with Gasteiger partial charge in [0.25, 0.3) is 0 Å². The lowest BCUT2D eigenvalue weighted by molar-refractivity contribution is -0.123. The number of likely N-dealkylation sites (N-methyl/N-ethyl adjacent to an activating group) is 1. The predicted molar refractivity (Wildman–Crippen MR) is 55.8 cm³/mol. The first-order valence-electron chi connectivity index (χ1n) is 4.28. The highest BCUT2D eigenvalue weighted by Crippen LogP contribution is 2.10. The first-order chi connectivity index (χ1) is 6.59. The number of phenolic OH excluding ortho intramolecular Hbond substituents is 1. The van der Waals surface area contributed by atoms with Crippen molar-refractivity contribution in [3.05, 3.63) is 35.9 Å². The molecule has 1 aromatic rings. The fourth-order valence-electron chi connectivity index (χ4n) is 0.902. The number of carbonyl (C=O) groups excluding carboxylic acids is 1. The number of nitrogens with zero attached hydrogens (tertiary/aromatic N) is 1. The van der Waals surface area contributed by atoms with Gasteiger partial charge in [0, 0.05) is 20.2 Å². The van der Waals surface area contributed by atoms with Crippen molar-refractivity contribution in [2.45, 2.75) is 0 Å². The second-order valence-corrected chi connectivity index (χ2v) is 3.16. The number of aromatic hydroxyl groups is 1. The van der Waals surface area contributed by atoms with E-state index in [0.29, 0.717) is 0 Å². The van der Waals surface area contributed by atoms with Crippen LogP contribution in [0.4, 0.5) is 0 Å². The molecule has 0 fully saturated rings. The molecule has 1 rings (SSSR count). The minimum atomic E-state index is -0.0573. The molecule has 0 aromatic heterocycles. The van der Waals surface area contributed by atoms with Crippen molar-refractivity contribution < 1.29 is 9.90 Å². The van der Waals surface area contributed by atoms with E-state index < -0.39 is 0 Å². The SMILES string of the molecule is CN(C)C(=O)/C=C/c1ccc(O)cc1. The third-order valence-corrected chi connectivity index (χ3v) is 1.75. The Morgan fingerprint density at radius 2 is 1.86 bits per heavy atom. The third kappa shape index (κ3) is 2.94. The molecular formula is C11H13NO2. The van der Waals surface area contributed by atoms with Gasteiger partial charge in [0.15, 0.2) is 0 Å². The van der Waals surface area contributed by atoms with E-state index in [1.165, 1.54) is 11.0 Å². The monoisotopic (exact) mass is 191 g/mol.